The van der Waals surface area contributed by atoms with Crippen LogP contribution in [0.1, 0.15) is 120 Å². The van der Waals surface area contributed by atoms with E-state index in [0.717, 1.165) is 19.3 Å². The lowest BCUT2D eigenvalue weighted by Crippen LogP contribution is -2.65. The van der Waals surface area contributed by atoms with Crippen molar-refractivity contribution in [2.24, 2.45) is 44.3 Å². The van der Waals surface area contributed by atoms with E-state index < -0.39 is 0 Å². The molecule has 5 rings (SSSR count). The van der Waals surface area contributed by atoms with Crippen LogP contribution in [0.5, 0.6) is 0 Å². The minimum atomic E-state index is -0.191. The van der Waals surface area contributed by atoms with Crippen molar-refractivity contribution in [1.82, 2.24) is 0 Å². The highest BCUT2D eigenvalue weighted by molar-refractivity contribution is 5.39. The molecule has 2 N–H and O–H groups in total. The fourth-order valence-electron chi connectivity index (χ4n) is 10.5. The van der Waals surface area contributed by atoms with Crippen LogP contribution in [-0.2, 0) is 0 Å². The zero-order valence-corrected chi connectivity index (χ0v) is 22.3. The second-order valence-corrected chi connectivity index (χ2v) is 15.2. The summed E-state index contributed by atoms with van der Waals surface area (Å²) in [5.74, 6) is 1.16. The van der Waals surface area contributed by atoms with E-state index in [1.807, 2.05) is 0 Å². The van der Waals surface area contributed by atoms with Crippen LogP contribution in [0.25, 0.3) is 0 Å². The number of aliphatic hydroxyl groups is 2. The normalized spacial score (nSPS) is 54.2. The Hall–Kier alpha value is -0.340. The van der Waals surface area contributed by atoms with E-state index in [-0.39, 0.29) is 39.3 Å². The van der Waals surface area contributed by atoms with Gasteiger partial charge in [-0.15, -0.1) is 0 Å². The third-order valence-electron chi connectivity index (χ3n) is 13.0. The molecule has 182 valence electrons. The maximum absolute atomic E-state index is 11.7. The van der Waals surface area contributed by atoms with Gasteiger partial charge in [0.25, 0.3) is 0 Å². The molecule has 3 fully saturated rings. The summed E-state index contributed by atoms with van der Waals surface area (Å²) in [7, 11) is 0. The van der Waals surface area contributed by atoms with Crippen LogP contribution < -0.4 is 0 Å². The van der Waals surface area contributed by atoms with Crippen molar-refractivity contribution in [2.45, 2.75) is 132 Å². The van der Waals surface area contributed by atoms with Crippen molar-refractivity contribution in [3.63, 3.8) is 0 Å². The molecule has 0 amide bonds. The van der Waals surface area contributed by atoms with Gasteiger partial charge < -0.3 is 10.2 Å². The van der Waals surface area contributed by atoms with Gasteiger partial charge in [0.1, 0.15) is 0 Å². The summed E-state index contributed by atoms with van der Waals surface area (Å²) in [5, 5.41) is 22.6. The quantitative estimate of drug-likeness (QED) is 0.387. The SMILES string of the molecule is CC1(C)CCC2(C)C(O)CC3(C)C4=C(CCC3(C)C2C1)C1(C)CCC(O)C(C)(C)C1CC4. The Kier molecular flexibility index (Phi) is 4.87. The molecule has 0 heterocycles. The van der Waals surface area contributed by atoms with Crippen molar-refractivity contribution in [3.8, 4) is 0 Å². The maximum Gasteiger partial charge on any atom is 0.0605 e. The molecular formula is C30H50O2. The third kappa shape index (κ3) is 2.72. The Bertz CT molecular complexity index is 838. The highest BCUT2D eigenvalue weighted by Crippen LogP contribution is 2.75. The molecule has 2 nitrogen and oxygen atoms in total. The molecule has 0 aliphatic heterocycles. The molecule has 0 aromatic heterocycles. The molecule has 5 aliphatic rings. The van der Waals surface area contributed by atoms with Gasteiger partial charge in [0.05, 0.1) is 12.2 Å². The van der Waals surface area contributed by atoms with Crippen molar-refractivity contribution >= 4 is 0 Å². The van der Waals surface area contributed by atoms with Crippen LogP contribution in [0.2, 0.25) is 0 Å². The van der Waals surface area contributed by atoms with Crippen LogP contribution in [0, 0.1) is 44.3 Å². The highest BCUT2D eigenvalue weighted by atomic mass is 16.3. The number of rotatable bonds is 0. The van der Waals surface area contributed by atoms with Crippen molar-refractivity contribution in [2.75, 3.05) is 0 Å². The molecule has 8 unspecified atom stereocenters. The first-order chi connectivity index (χ1) is 14.6. The van der Waals surface area contributed by atoms with Crippen molar-refractivity contribution in [3.05, 3.63) is 11.1 Å². The second kappa shape index (κ2) is 6.66. The Morgan fingerprint density at radius 2 is 1.34 bits per heavy atom. The van der Waals surface area contributed by atoms with Crippen LogP contribution >= 0.6 is 0 Å². The van der Waals surface area contributed by atoms with E-state index in [4.69, 9.17) is 0 Å². The Labute approximate surface area is 197 Å². The molecule has 5 aliphatic carbocycles. The van der Waals surface area contributed by atoms with E-state index in [1.165, 1.54) is 44.9 Å². The van der Waals surface area contributed by atoms with Crippen LogP contribution in [0.3, 0.4) is 0 Å². The summed E-state index contributed by atoms with van der Waals surface area (Å²) in [6.45, 7) is 19.7. The third-order valence-corrected chi connectivity index (χ3v) is 13.0. The molecular weight excluding hydrogens is 392 g/mol. The average Bonchev–Trinajstić information content (AvgIpc) is 2.69. The Morgan fingerprint density at radius 3 is 2.03 bits per heavy atom. The smallest absolute Gasteiger partial charge is 0.0605 e. The predicted molar refractivity (Wildman–Crippen MR) is 132 cm³/mol. The monoisotopic (exact) mass is 442 g/mol. The number of fused-ring (bicyclic) bond motifs is 6. The second-order valence-electron chi connectivity index (χ2n) is 15.2. The summed E-state index contributed by atoms with van der Waals surface area (Å²) in [5.41, 5.74) is 4.52. The van der Waals surface area contributed by atoms with Gasteiger partial charge in [0.15, 0.2) is 0 Å². The van der Waals surface area contributed by atoms with E-state index >= 15 is 0 Å². The van der Waals surface area contributed by atoms with Gasteiger partial charge >= 0.3 is 0 Å². The summed E-state index contributed by atoms with van der Waals surface area (Å²) in [4.78, 5) is 0. The minimum absolute atomic E-state index is 0.00870. The minimum Gasteiger partial charge on any atom is -0.393 e. The Balaban J connectivity index is 1.62. The summed E-state index contributed by atoms with van der Waals surface area (Å²) < 4.78 is 0. The number of aliphatic hydroxyl groups excluding tert-OH is 2. The van der Waals surface area contributed by atoms with Gasteiger partial charge in [0, 0.05) is 0 Å². The fourth-order valence-corrected chi connectivity index (χ4v) is 10.5. The van der Waals surface area contributed by atoms with Crippen LogP contribution in [0.15, 0.2) is 11.1 Å². The molecule has 0 aromatic carbocycles. The Morgan fingerprint density at radius 1 is 0.656 bits per heavy atom. The van der Waals surface area contributed by atoms with E-state index in [9.17, 15) is 10.2 Å². The summed E-state index contributed by atoms with van der Waals surface area (Å²) in [6.07, 6.45) is 11.2. The molecule has 32 heavy (non-hydrogen) atoms. The molecule has 3 saturated carbocycles. The summed E-state index contributed by atoms with van der Waals surface area (Å²) >= 11 is 0. The number of hydrogen-bond acceptors (Lipinski definition) is 2. The number of hydrogen-bond donors (Lipinski definition) is 2. The lowest BCUT2D eigenvalue weighted by molar-refractivity contribution is -0.204. The molecule has 0 spiro atoms. The first-order valence-corrected chi connectivity index (χ1v) is 13.7. The highest BCUT2D eigenvalue weighted by Gasteiger charge is 2.68. The lowest BCUT2D eigenvalue weighted by atomic mass is 9.35. The van der Waals surface area contributed by atoms with E-state index in [2.05, 4.69) is 55.4 Å². The van der Waals surface area contributed by atoms with Gasteiger partial charge in [-0.25, -0.2) is 0 Å². The zero-order valence-electron chi connectivity index (χ0n) is 22.3. The van der Waals surface area contributed by atoms with Gasteiger partial charge in [-0.2, -0.15) is 0 Å². The van der Waals surface area contributed by atoms with Crippen LogP contribution in [0.4, 0.5) is 0 Å². The topological polar surface area (TPSA) is 40.5 Å². The zero-order chi connectivity index (χ0) is 23.5. The van der Waals surface area contributed by atoms with E-state index in [1.54, 1.807) is 11.1 Å². The fraction of sp³-hybridized carbons (Fsp3) is 0.933. The maximum atomic E-state index is 11.7. The molecule has 0 bridgehead atoms. The van der Waals surface area contributed by atoms with Gasteiger partial charge in [0.2, 0.25) is 0 Å². The first kappa shape index (κ1) is 23.4. The molecule has 2 heteroatoms. The van der Waals surface area contributed by atoms with Gasteiger partial charge in [-0.3, -0.25) is 0 Å². The molecule has 0 aromatic rings. The summed E-state index contributed by atoms with van der Waals surface area (Å²) in [6, 6.07) is 0. The van der Waals surface area contributed by atoms with Gasteiger partial charge in [-0.1, -0.05) is 66.5 Å². The largest absolute Gasteiger partial charge is 0.393 e. The van der Waals surface area contributed by atoms with Crippen molar-refractivity contribution < 1.29 is 10.2 Å². The molecule has 0 radical (unpaired) electrons. The average molecular weight is 443 g/mol. The molecule has 0 saturated heterocycles. The van der Waals surface area contributed by atoms with Crippen molar-refractivity contribution in [1.29, 1.82) is 0 Å². The van der Waals surface area contributed by atoms with Gasteiger partial charge in [-0.05, 0) is 109 Å². The van der Waals surface area contributed by atoms with Crippen LogP contribution in [-0.4, -0.2) is 22.4 Å². The standard InChI is InChI=1S/C30H50O2/c1-25(2)15-16-28(6)22(17-25)29(7)14-11-19-20(30(29,8)18-24(28)32)9-10-21-26(3,4)23(31)12-13-27(19,21)5/h21-24,31-32H,9-18H2,1-8H3. The lowest BCUT2D eigenvalue weighted by Gasteiger charge is -2.70. The molecule has 8 atom stereocenters. The van der Waals surface area contributed by atoms with E-state index in [0.29, 0.717) is 17.3 Å². The first-order valence-electron chi connectivity index (χ1n) is 13.7. The number of allylic oxidation sites excluding steroid dienone is 2. The predicted octanol–water partition coefficient (Wildman–Crippen LogP) is 7.28.